The Morgan fingerprint density at radius 2 is 1.18 bits per heavy atom. The summed E-state index contributed by atoms with van der Waals surface area (Å²) in [5, 5.41) is 20.2. The summed E-state index contributed by atoms with van der Waals surface area (Å²) < 4.78 is 4.58. The van der Waals surface area contributed by atoms with Gasteiger partial charge in [0.15, 0.2) is 0 Å². The highest BCUT2D eigenvalue weighted by atomic mass is 16.6. The topological polar surface area (TPSA) is 99.4 Å². The number of hydrogen-bond acceptors (Lipinski definition) is 5. The molecule has 7 nitrogen and oxygen atoms in total. The van der Waals surface area contributed by atoms with Crippen molar-refractivity contribution in [3.05, 3.63) is 69.2 Å². The lowest BCUT2D eigenvalue weighted by Crippen LogP contribution is -1.90. The molecular weight excluding hydrogens is 228 g/mol. The highest BCUT2D eigenvalue weighted by Crippen LogP contribution is 2.16. The first-order valence-corrected chi connectivity index (χ1v) is 4.47. The van der Waals surface area contributed by atoms with Crippen LogP contribution >= 0.6 is 0 Å². The molecule has 17 heavy (non-hydrogen) atoms. The monoisotopic (exact) mass is 236 g/mol. The fraction of sp³-hybridized carbons (Fsp3) is 0. The lowest BCUT2D eigenvalue weighted by atomic mass is 10.3. The van der Waals surface area contributed by atoms with Crippen LogP contribution in [0, 0.1) is 20.2 Å². The third kappa shape index (κ3) is 4.12. The molecule has 0 aliphatic carbocycles. The zero-order valence-corrected chi connectivity index (χ0v) is 8.55. The summed E-state index contributed by atoms with van der Waals surface area (Å²) in [6.45, 7) is 0. The number of nitro benzene ring substituents is 2. The van der Waals surface area contributed by atoms with Gasteiger partial charge in [-0.2, -0.15) is 0 Å². The molecule has 2 rings (SSSR count). The first-order valence-electron chi connectivity index (χ1n) is 4.47. The molecule has 1 aromatic carbocycles. The van der Waals surface area contributed by atoms with E-state index in [2.05, 4.69) is 4.42 Å². The number of furan rings is 1. The van der Waals surface area contributed by atoms with Gasteiger partial charge >= 0.3 is 0 Å². The van der Waals surface area contributed by atoms with Gasteiger partial charge in [-0.15, -0.1) is 0 Å². The Balaban J connectivity index is 0.000000239. The fourth-order valence-electron chi connectivity index (χ4n) is 0.923. The van der Waals surface area contributed by atoms with Crippen LogP contribution in [-0.2, 0) is 0 Å². The van der Waals surface area contributed by atoms with Gasteiger partial charge in [0.25, 0.3) is 11.4 Å². The average molecular weight is 236 g/mol. The Hall–Kier alpha value is -2.70. The number of hydrogen-bond donors (Lipinski definition) is 0. The Bertz CT molecular complexity index is 428. The van der Waals surface area contributed by atoms with E-state index < -0.39 is 9.85 Å². The van der Waals surface area contributed by atoms with Crippen LogP contribution < -0.4 is 0 Å². The van der Waals surface area contributed by atoms with Crippen LogP contribution in [0.1, 0.15) is 0 Å². The van der Waals surface area contributed by atoms with E-state index in [0.29, 0.717) is 0 Å². The highest BCUT2D eigenvalue weighted by Gasteiger charge is 2.08. The molecule has 0 unspecified atom stereocenters. The van der Waals surface area contributed by atoms with Gasteiger partial charge in [-0.05, 0) is 12.1 Å². The molecule has 0 aliphatic rings. The highest BCUT2D eigenvalue weighted by molar-refractivity contribution is 5.39. The first kappa shape index (κ1) is 12.4. The summed E-state index contributed by atoms with van der Waals surface area (Å²) >= 11 is 0. The first-order chi connectivity index (χ1) is 8.11. The summed E-state index contributed by atoms with van der Waals surface area (Å²) in [5.41, 5.74) is -0.304. The third-order valence-electron chi connectivity index (χ3n) is 1.70. The van der Waals surface area contributed by atoms with Crippen molar-refractivity contribution in [2.45, 2.75) is 0 Å². The van der Waals surface area contributed by atoms with Crippen LogP contribution in [0.25, 0.3) is 0 Å². The van der Waals surface area contributed by atoms with E-state index in [4.69, 9.17) is 0 Å². The SMILES string of the molecule is O=[N+]([O-])c1ccc([N+](=O)[O-])cc1.c1ccoc1. The number of non-ortho nitro benzene ring substituents is 2. The molecular formula is C10H8N2O5. The van der Waals surface area contributed by atoms with Crippen LogP contribution in [0.4, 0.5) is 11.4 Å². The Morgan fingerprint density at radius 1 is 0.824 bits per heavy atom. The van der Waals surface area contributed by atoms with Gasteiger partial charge in [0.1, 0.15) is 0 Å². The summed E-state index contributed by atoms with van der Waals surface area (Å²) in [7, 11) is 0. The van der Waals surface area contributed by atoms with Gasteiger partial charge in [-0.3, -0.25) is 20.2 Å². The standard InChI is InChI=1S/C6H4N2O4.C4H4O/c9-7(10)5-1-2-6(4-3-5)8(11)12;1-2-4-5-3-1/h1-4H;1-4H. The summed E-state index contributed by atoms with van der Waals surface area (Å²) in [6.07, 6.45) is 3.25. The van der Waals surface area contributed by atoms with Gasteiger partial charge in [0, 0.05) is 24.3 Å². The van der Waals surface area contributed by atoms with E-state index >= 15 is 0 Å². The molecule has 0 amide bonds. The van der Waals surface area contributed by atoms with Crippen molar-refractivity contribution in [3.8, 4) is 0 Å². The lowest BCUT2D eigenvalue weighted by molar-refractivity contribution is -0.389. The predicted octanol–water partition coefficient (Wildman–Crippen LogP) is 2.78. The van der Waals surface area contributed by atoms with E-state index in [1.54, 1.807) is 12.5 Å². The second-order valence-corrected chi connectivity index (χ2v) is 2.82. The smallest absolute Gasteiger partial charge is 0.269 e. The van der Waals surface area contributed by atoms with E-state index in [1.165, 1.54) is 0 Å². The maximum absolute atomic E-state index is 10.1. The number of rotatable bonds is 2. The van der Waals surface area contributed by atoms with Crippen molar-refractivity contribution in [2.75, 3.05) is 0 Å². The van der Waals surface area contributed by atoms with Crippen LogP contribution in [0.3, 0.4) is 0 Å². The average Bonchev–Trinajstić information content (AvgIpc) is 2.87. The predicted molar refractivity (Wildman–Crippen MR) is 58.5 cm³/mol. The molecule has 0 radical (unpaired) electrons. The molecule has 1 aromatic heterocycles. The van der Waals surface area contributed by atoms with Gasteiger partial charge in [-0.1, -0.05) is 0 Å². The van der Waals surface area contributed by atoms with E-state index in [9.17, 15) is 20.2 Å². The lowest BCUT2D eigenvalue weighted by Gasteiger charge is -1.90. The Labute approximate surface area is 95.6 Å². The minimum atomic E-state index is -0.607. The summed E-state index contributed by atoms with van der Waals surface area (Å²) in [5.74, 6) is 0. The molecule has 2 aromatic rings. The minimum Gasteiger partial charge on any atom is -0.473 e. The van der Waals surface area contributed by atoms with Crippen molar-refractivity contribution in [1.82, 2.24) is 0 Å². The summed E-state index contributed by atoms with van der Waals surface area (Å²) in [4.78, 5) is 19.0. The zero-order chi connectivity index (χ0) is 12.7. The second-order valence-electron chi connectivity index (χ2n) is 2.82. The molecule has 0 atom stereocenters. The number of nitrogens with zero attached hydrogens (tertiary/aromatic N) is 2. The van der Waals surface area contributed by atoms with Crippen molar-refractivity contribution >= 4 is 11.4 Å². The Morgan fingerprint density at radius 3 is 1.35 bits per heavy atom. The molecule has 0 saturated carbocycles. The van der Waals surface area contributed by atoms with Crippen LogP contribution in [0.2, 0.25) is 0 Å². The van der Waals surface area contributed by atoms with Gasteiger partial charge < -0.3 is 4.42 Å². The molecule has 7 heteroatoms. The van der Waals surface area contributed by atoms with Crippen molar-refractivity contribution in [3.63, 3.8) is 0 Å². The third-order valence-corrected chi connectivity index (χ3v) is 1.70. The maximum atomic E-state index is 10.1. The van der Waals surface area contributed by atoms with Gasteiger partial charge in [0.05, 0.1) is 22.4 Å². The molecule has 88 valence electrons. The molecule has 0 spiro atoms. The van der Waals surface area contributed by atoms with Gasteiger partial charge in [0.2, 0.25) is 0 Å². The number of nitro groups is 2. The quantitative estimate of drug-likeness (QED) is 0.589. The molecule has 0 fully saturated rings. The maximum Gasteiger partial charge on any atom is 0.269 e. The van der Waals surface area contributed by atoms with E-state index in [-0.39, 0.29) is 11.4 Å². The Kier molecular flexibility index (Phi) is 4.37. The molecule has 1 heterocycles. The van der Waals surface area contributed by atoms with Crippen molar-refractivity contribution in [1.29, 1.82) is 0 Å². The van der Waals surface area contributed by atoms with Crippen LogP contribution in [0.15, 0.2) is 53.3 Å². The molecule has 0 aliphatic heterocycles. The van der Waals surface area contributed by atoms with Crippen LogP contribution in [0.5, 0.6) is 0 Å². The normalized spacial score (nSPS) is 8.94. The van der Waals surface area contributed by atoms with Crippen molar-refractivity contribution in [2.24, 2.45) is 0 Å². The van der Waals surface area contributed by atoms with Crippen molar-refractivity contribution < 1.29 is 14.3 Å². The zero-order valence-electron chi connectivity index (χ0n) is 8.55. The second kappa shape index (κ2) is 6.01. The molecule has 0 bridgehead atoms. The van der Waals surface area contributed by atoms with Gasteiger partial charge in [-0.25, -0.2) is 0 Å². The largest absolute Gasteiger partial charge is 0.473 e. The molecule has 0 N–H and O–H groups in total. The fourth-order valence-corrected chi connectivity index (χ4v) is 0.923. The van der Waals surface area contributed by atoms with E-state index in [1.807, 2.05) is 12.1 Å². The number of benzene rings is 1. The molecule has 0 saturated heterocycles. The van der Waals surface area contributed by atoms with E-state index in [0.717, 1.165) is 24.3 Å². The minimum absolute atomic E-state index is 0.152. The van der Waals surface area contributed by atoms with Crippen LogP contribution in [-0.4, -0.2) is 9.85 Å². The summed E-state index contributed by atoms with van der Waals surface area (Å²) in [6, 6.07) is 8.05.